The number of aryl methyl sites for hydroxylation is 3. The number of hydrogen-bond acceptors (Lipinski definition) is 4. The standard InChI is InChI=1S/C24H26N4O3/c1-15-9-10-16(2)22(11-15)28-17(3)12-19(18(28)4)14-25-27-24(30)23(29)26-20-7-6-8-21(13-20)31-5/h6-14H,1-5H3,(H,26,29)(H,27,30)/b25-14-. The van der Waals surface area contributed by atoms with Gasteiger partial charge in [0.25, 0.3) is 0 Å². The minimum atomic E-state index is -0.859. The van der Waals surface area contributed by atoms with Gasteiger partial charge < -0.3 is 14.6 Å². The van der Waals surface area contributed by atoms with Crippen molar-refractivity contribution in [2.75, 3.05) is 12.4 Å². The van der Waals surface area contributed by atoms with Crippen LogP contribution in [0.15, 0.2) is 53.6 Å². The summed E-state index contributed by atoms with van der Waals surface area (Å²) >= 11 is 0. The highest BCUT2D eigenvalue weighted by Gasteiger charge is 2.14. The molecule has 0 saturated carbocycles. The van der Waals surface area contributed by atoms with Gasteiger partial charge in [-0.2, -0.15) is 5.10 Å². The zero-order valence-electron chi connectivity index (χ0n) is 18.3. The van der Waals surface area contributed by atoms with Crippen molar-refractivity contribution in [1.29, 1.82) is 0 Å². The third kappa shape index (κ3) is 5.01. The number of hydrazone groups is 1. The van der Waals surface area contributed by atoms with Crippen LogP contribution in [0.3, 0.4) is 0 Å². The molecular formula is C24H26N4O3. The fourth-order valence-corrected chi connectivity index (χ4v) is 3.35. The third-order valence-corrected chi connectivity index (χ3v) is 4.98. The monoisotopic (exact) mass is 418 g/mol. The normalized spacial score (nSPS) is 10.9. The number of nitrogens with one attached hydrogen (secondary N) is 2. The lowest BCUT2D eigenvalue weighted by molar-refractivity contribution is -0.136. The number of aromatic nitrogens is 1. The van der Waals surface area contributed by atoms with Crippen molar-refractivity contribution >= 4 is 23.7 Å². The first-order valence-electron chi connectivity index (χ1n) is 9.85. The number of rotatable bonds is 5. The van der Waals surface area contributed by atoms with E-state index >= 15 is 0 Å². The number of carbonyl (C=O) groups excluding carboxylic acids is 2. The van der Waals surface area contributed by atoms with Crippen LogP contribution in [-0.4, -0.2) is 29.7 Å². The van der Waals surface area contributed by atoms with E-state index in [0.717, 1.165) is 22.6 Å². The second kappa shape index (κ2) is 9.30. The Bertz CT molecular complexity index is 1160. The molecule has 0 bridgehead atoms. The second-order valence-electron chi connectivity index (χ2n) is 7.34. The molecule has 0 unspecified atom stereocenters. The molecule has 0 aliphatic carbocycles. The van der Waals surface area contributed by atoms with E-state index in [1.54, 1.807) is 30.5 Å². The Labute approximate surface area is 181 Å². The molecule has 160 valence electrons. The van der Waals surface area contributed by atoms with Crippen LogP contribution in [0.1, 0.15) is 28.1 Å². The van der Waals surface area contributed by atoms with Gasteiger partial charge in [-0.05, 0) is 63.1 Å². The predicted molar refractivity (Wildman–Crippen MR) is 122 cm³/mol. The summed E-state index contributed by atoms with van der Waals surface area (Å²) in [5.74, 6) is -1.09. The topological polar surface area (TPSA) is 84.7 Å². The molecule has 31 heavy (non-hydrogen) atoms. The molecule has 1 heterocycles. The van der Waals surface area contributed by atoms with Crippen LogP contribution in [0.25, 0.3) is 5.69 Å². The molecule has 0 radical (unpaired) electrons. The molecule has 7 heteroatoms. The highest BCUT2D eigenvalue weighted by atomic mass is 16.5. The SMILES string of the molecule is COc1cccc(NC(=O)C(=O)N/N=C\c2cc(C)n(-c3cc(C)ccc3C)c2C)c1. The Balaban J connectivity index is 1.70. The van der Waals surface area contributed by atoms with Crippen LogP contribution >= 0.6 is 0 Å². The smallest absolute Gasteiger partial charge is 0.329 e. The number of hydrogen-bond donors (Lipinski definition) is 2. The minimum Gasteiger partial charge on any atom is -0.497 e. The minimum absolute atomic E-state index is 0.459. The van der Waals surface area contributed by atoms with Gasteiger partial charge in [0.15, 0.2) is 0 Å². The lowest BCUT2D eigenvalue weighted by Crippen LogP contribution is -2.32. The zero-order valence-corrected chi connectivity index (χ0v) is 18.3. The summed E-state index contributed by atoms with van der Waals surface area (Å²) < 4.78 is 7.26. The summed E-state index contributed by atoms with van der Waals surface area (Å²) in [4.78, 5) is 24.2. The summed E-state index contributed by atoms with van der Waals surface area (Å²) in [5.41, 5.74) is 9.08. The van der Waals surface area contributed by atoms with E-state index in [0.29, 0.717) is 11.4 Å². The van der Waals surface area contributed by atoms with Crippen LogP contribution in [0, 0.1) is 27.7 Å². The van der Waals surface area contributed by atoms with Crippen molar-refractivity contribution in [1.82, 2.24) is 9.99 Å². The van der Waals surface area contributed by atoms with Crippen LogP contribution < -0.4 is 15.5 Å². The number of amides is 2. The summed E-state index contributed by atoms with van der Waals surface area (Å²) in [6.07, 6.45) is 1.54. The van der Waals surface area contributed by atoms with Gasteiger partial charge in [0.05, 0.1) is 13.3 Å². The first-order chi connectivity index (χ1) is 14.8. The predicted octanol–water partition coefficient (Wildman–Crippen LogP) is 3.81. The molecular weight excluding hydrogens is 392 g/mol. The molecule has 0 aliphatic heterocycles. The number of ether oxygens (including phenoxy) is 1. The van der Waals surface area contributed by atoms with Crippen LogP contribution in [0.5, 0.6) is 5.75 Å². The average Bonchev–Trinajstić information content (AvgIpc) is 3.03. The van der Waals surface area contributed by atoms with Crippen LogP contribution in [-0.2, 0) is 9.59 Å². The molecule has 3 aromatic rings. The Hall–Kier alpha value is -3.87. The van der Waals surface area contributed by atoms with Crippen molar-refractivity contribution in [2.45, 2.75) is 27.7 Å². The number of benzene rings is 2. The summed E-state index contributed by atoms with van der Waals surface area (Å²) in [6.45, 7) is 8.15. The molecule has 2 amide bonds. The van der Waals surface area contributed by atoms with Crippen molar-refractivity contribution in [3.8, 4) is 11.4 Å². The fourth-order valence-electron chi connectivity index (χ4n) is 3.35. The maximum Gasteiger partial charge on any atom is 0.329 e. The molecule has 3 rings (SSSR count). The van der Waals surface area contributed by atoms with Gasteiger partial charge in [0, 0.05) is 34.4 Å². The molecule has 0 aliphatic rings. The molecule has 2 N–H and O–H groups in total. The van der Waals surface area contributed by atoms with Crippen molar-refractivity contribution in [3.63, 3.8) is 0 Å². The fraction of sp³-hybridized carbons (Fsp3) is 0.208. The maximum atomic E-state index is 12.1. The maximum absolute atomic E-state index is 12.1. The van der Waals surface area contributed by atoms with E-state index in [9.17, 15) is 9.59 Å². The largest absolute Gasteiger partial charge is 0.497 e. The average molecular weight is 418 g/mol. The molecule has 0 atom stereocenters. The zero-order chi connectivity index (χ0) is 22.5. The van der Waals surface area contributed by atoms with Gasteiger partial charge in [-0.1, -0.05) is 18.2 Å². The van der Waals surface area contributed by atoms with Crippen molar-refractivity contribution < 1.29 is 14.3 Å². The number of nitrogens with zero attached hydrogens (tertiary/aromatic N) is 2. The third-order valence-electron chi connectivity index (χ3n) is 4.98. The van der Waals surface area contributed by atoms with Gasteiger partial charge in [-0.3, -0.25) is 9.59 Å². The van der Waals surface area contributed by atoms with Gasteiger partial charge in [0.2, 0.25) is 0 Å². The summed E-state index contributed by atoms with van der Waals surface area (Å²) in [5, 5.41) is 6.48. The van der Waals surface area contributed by atoms with Gasteiger partial charge in [-0.15, -0.1) is 0 Å². The Morgan fingerprint density at radius 3 is 2.52 bits per heavy atom. The molecule has 7 nitrogen and oxygen atoms in total. The van der Waals surface area contributed by atoms with E-state index in [4.69, 9.17) is 4.74 Å². The van der Waals surface area contributed by atoms with Gasteiger partial charge in [0.1, 0.15) is 5.75 Å². The van der Waals surface area contributed by atoms with E-state index in [1.807, 2.05) is 19.9 Å². The molecule has 0 fully saturated rings. The van der Waals surface area contributed by atoms with E-state index in [1.165, 1.54) is 18.2 Å². The second-order valence-corrected chi connectivity index (χ2v) is 7.34. The number of methoxy groups -OCH3 is 1. The molecule has 0 saturated heterocycles. The number of anilines is 1. The molecule has 0 spiro atoms. The van der Waals surface area contributed by atoms with Crippen LogP contribution in [0.4, 0.5) is 5.69 Å². The van der Waals surface area contributed by atoms with E-state index < -0.39 is 11.8 Å². The lowest BCUT2D eigenvalue weighted by atomic mass is 10.1. The molecule has 1 aromatic heterocycles. The van der Waals surface area contributed by atoms with E-state index in [-0.39, 0.29) is 0 Å². The Morgan fingerprint density at radius 1 is 1.00 bits per heavy atom. The van der Waals surface area contributed by atoms with Crippen molar-refractivity contribution in [3.05, 3.63) is 76.6 Å². The quantitative estimate of drug-likeness (QED) is 0.375. The first kappa shape index (κ1) is 21.8. The Morgan fingerprint density at radius 2 is 1.77 bits per heavy atom. The van der Waals surface area contributed by atoms with E-state index in [2.05, 4.69) is 52.5 Å². The summed E-state index contributed by atoms with van der Waals surface area (Å²) in [7, 11) is 1.53. The highest BCUT2D eigenvalue weighted by molar-refractivity contribution is 6.39. The Kier molecular flexibility index (Phi) is 6.55. The van der Waals surface area contributed by atoms with Crippen molar-refractivity contribution in [2.24, 2.45) is 5.10 Å². The highest BCUT2D eigenvalue weighted by Crippen LogP contribution is 2.23. The number of carbonyl (C=O) groups is 2. The van der Waals surface area contributed by atoms with Crippen LogP contribution in [0.2, 0.25) is 0 Å². The summed E-state index contributed by atoms with van der Waals surface area (Å²) in [6, 6.07) is 15.1. The van der Waals surface area contributed by atoms with Gasteiger partial charge >= 0.3 is 11.8 Å². The van der Waals surface area contributed by atoms with Gasteiger partial charge in [-0.25, -0.2) is 5.43 Å². The first-order valence-corrected chi connectivity index (χ1v) is 9.85. The lowest BCUT2D eigenvalue weighted by Gasteiger charge is -2.13. The molecule has 2 aromatic carbocycles.